The van der Waals surface area contributed by atoms with Crippen LogP contribution >= 0.6 is 0 Å². The molecule has 0 aromatic rings. The van der Waals surface area contributed by atoms with Crippen molar-refractivity contribution in [1.29, 1.82) is 0 Å². The summed E-state index contributed by atoms with van der Waals surface area (Å²) in [5.74, 6) is -2.02. The maximum absolute atomic E-state index is 13.4. The average Bonchev–Trinajstić information content (AvgIpc) is 3.04. The summed E-state index contributed by atoms with van der Waals surface area (Å²) in [6.45, 7) is 0. The van der Waals surface area contributed by atoms with Crippen molar-refractivity contribution in [2.75, 3.05) is 0 Å². The van der Waals surface area contributed by atoms with Crippen LogP contribution in [0.1, 0.15) is 19.3 Å². The Kier molecular flexibility index (Phi) is 1.97. The van der Waals surface area contributed by atoms with Gasteiger partial charge in [0.2, 0.25) is 0 Å². The number of hydrogen-bond donors (Lipinski definition) is 0. The third-order valence-electron chi connectivity index (χ3n) is 6.24. The minimum atomic E-state index is -4.69. The van der Waals surface area contributed by atoms with E-state index in [1.54, 1.807) is 0 Å². The average molecular weight is 271 g/mol. The van der Waals surface area contributed by atoms with Crippen LogP contribution in [-0.2, 0) is 4.79 Å². The van der Waals surface area contributed by atoms with Crippen molar-refractivity contribution in [3.05, 3.63) is 12.2 Å². The normalized spacial score (nSPS) is 53.8. The van der Waals surface area contributed by atoms with Crippen molar-refractivity contribution in [2.45, 2.75) is 25.4 Å². The Labute approximate surface area is 108 Å². The number of alkyl halides is 3. The van der Waals surface area contributed by atoms with Crippen molar-refractivity contribution in [3.63, 3.8) is 0 Å². The molecule has 7 unspecified atom stereocenters. The molecule has 0 amide bonds. The summed E-state index contributed by atoms with van der Waals surface area (Å²) >= 11 is 0. The van der Waals surface area contributed by atoms with Crippen molar-refractivity contribution >= 4 is 5.97 Å². The van der Waals surface area contributed by atoms with E-state index < -0.39 is 23.5 Å². The Hall–Kier alpha value is -1.00. The first-order valence-electron chi connectivity index (χ1n) is 6.83. The molecule has 104 valence electrons. The zero-order chi connectivity index (χ0) is 13.6. The van der Waals surface area contributed by atoms with Gasteiger partial charge in [-0.15, -0.1) is 0 Å². The van der Waals surface area contributed by atoms with Gasteiger partial charge in [-0.25, -0.2) is 0 Å². The lowest BCUT2D eigenvalue weighted by atomic mass is 9.61. The molecule has 0 aromatic heterocycles. The summed E-state index contributed by atoms with van der Waals surface area (Å²) in [5, 5.41) is 11.3. The Bertz CT molecular complexity index is 484. The highest BCUT2D eigenvalue weighted by Gasteiger charge is 2.73. The molecule has 4 aliphatic rings. The molecule has 7 atom stereocenters. The van der Waals surface area contributed by atoms with Gasteiger partial charge in [0.1, 0.15) is 5.41 Å². The lowest BCUT2D eigenvalue weighted by molar-refractivity contribution is -0.351. The van der Waals surface area contributed by atoms with Gasteiger partial charge >= 0.3 is 6.18 Å². The lowest BCUT2D eigenvalue weighted by Gasteiger charge is -2.46. The number of carbonyl (C=O) groups excluding carboxylic acids is 1. The first-order valence-corrected chi connectivity index (χ1v) is 6.83. The van der Waals surface area contributed by atoms with Gasteiger partial charge in [-0.05, 0) is 54.8 Å². The van der Waals surface area contributed by atoms with Crippen LogP contribution in [0, 0.1) is 40.9 Å². The van der Waals surface area contributed by atoms with Gasteiger partial charge in [0.05, 0.1) is 5.97 Å². The molecule has 0 saturated heterocycles. The second-order valence-corrected chi connectivity index (χ2v) is 6.67. The molecule has 4 aliphatic carbocycles. The van der Waals surface area contributed by atoms with Crippen LogP contribution in [0.15, 0.2) is 12.2 Å². The number of hydrogen-bond acceptors (Lipinski definition) is 2. The Balaban J connectivity index is 1.79. The molecule has 0 N–H and O–H groups in total. The number of halogens is 3. The minimum absolute atomic E-state index is 0.0884. The minimum Gasteiger partial charge on any atom is -0.549 e. The fourth-order valence-electron chi connectivity index (χ4n) is 5.76. The maximum atomic E-state index is 13.4. The highest BCUT2D eigenvalue weighted by atomic mass is 19.4. The van der Waals surface area contributed by atoms with Gasteiger partial charge in [-0.2, -0.15) is 13.2 Å². The first kappa shape index (κ1) is 11.8. The fraction of sp³-hybridized carbons (Fsp3) is 0.786. The van der Waals surface area contributed by atoms with Crippen LogP contribution in [0.25, 0.3) is 0 Å². The quantitative estimate of drug-likeness (QED) is 0.538. The number of rotatable bonds is 1. The summed E-state index contributed by atoms with van der Waals surface area (Å²) in [7, 11) is 0. The van der Waals surface area contributed by atoms with E-state index in [1.807, 2.05) is 6.08 Å². The molecule has 3 fully saturated rings. The van der Waals surface area contributed by atoms with Gasteiger partial charge in [-0.3, -0.25) is 0 Å². The van der Waals surface area contributed by atoms with E-state index in [1.165, 1.54) is 0 Å². The molecule has 19 heavy (non-hydrogen) atoms. The highest BCUT2D eigenvalue weighted by molar-refractivity contribution is 5.75. The molecule has 0 aliphatic heterocycles. The maximum Gasteiger partial charge on any atom is 0.399 e. The second kappa shape index (κ2) is 3.18. The lowest BCUT2D eigenvalue weighted by Crippen LogP contribution is -2.58. The molecule has 4 rings (SSSR count). The van der Waals surface area contributed by atoms with Crippen molar-refractivity contribution in [2.24, 2.45) is 40.9 Å². The molecule has 0 radical (unpaired) electrons. The van der Waals surface area contributed by atoms with Gasteiger partial charge in [0.15, 0.2) is 0 Å². The second-order valence-electron chi connectivity index (χ2n) is 6.67. The number of carbonyl (C=O) groups is 1. The third kappa shape index (κ3) is 1.14. The van der Waals surface area contributed by atoms with E-state index in [0.29, 0.717) is 12.3 Å². The standard InChI is InChI=1S/C14H15F3O2/c15-14(16,17)13(12(18)19)5-8-4-9(13)11-7-2-1-6(3-7)10(8)11/h1-2,6-11H,3-5H2,(H,18,19)/p-1. The molecule has 3 saturated carbocycles. The number of carboxylic acids is 1. The highest BCUT2D eigenvalue weighted by Crippen LogP contribution is 2.73. The zero-order valence-corrected chi connectivity index (χ0v) is 10.2. The van der Waals surface area contributed by atoms with E-state index in [9.17, 15) is 23.1 Å². The molecule has 0 spiro atoms. The Morgan fingerprint density at radius 2 is 1.79 bits per heavy atom. The number of fused-ring (bicyclic) bond motifs is 9. The van der Waals surface area contributed by atoms with E-state index in [4.69, 9.17) is 0 Å². The van der Waals surface area contributed by atoms with Gasteiger partial charge in [0, 0.05) is 0 Å². The summed E-state index contributed by atoms with van der Waals surface area (Å²) in [6.07, 6.45) is 0.508. The number of aliphatic carboxylic acids is 1. The third-order valence-corrected chi connectivity index (χ3v) is 6.24. The van der Waals surface area contributed by atoms with Crippen LogP contribution in [0.2, 0.25) is 0 Å². The van der Waals surface area contributed by atoms with Gasteiger partial charge in [0.25, 0.3) is 0 Å². The molecule has 2 nitrogen and oxygen atoms in total. The molecule has 4 bridgehead atoms. The number of allylic oxidation sites excluding steroid dienone is 2. The van der Waals surface area contributed by atoms with E-state index >= 15 is 0 Å². The van der Waals surface area contributed by atoms with Crippen LogP contribution in [-0.4, -0.2) is 12.1 Å². The first-order chi connectivity index (χ1) is 8.86. The predicted octanol–water partition coefficient (Wildman–Crippen LogP) is 1.76. The summed E-state index contributed by atoms with van der Waals surface area (Å²) in [5.41, 5.74) is -2.59. The van der Waals surface area contributed by atoms with Crippen molar-refractivity contribution < 1.29 is 23.1 Å². The monoisotopic (exact) mass is 271 g/mol. The largest absolute Gasteiger partial charge is 0.549 e. The summed E-state index contributed by atoms with van der Waals surface area (Å²) in [6, 6.07) is 0. The van der Waals surface area contributed by atoms with E-state index in [-0.39, 0.29) is 30.1 Å². The van der Waals surface area contributed by atoms with Gasteiger partial charge in [-0.1, -0.05) is 12.2 Å². The predicted molar refractivity (Wildman–Crippen MR) is 57.4 cm³/mol. The summed E-state index contributed by atoms with van der Waals surface area (Å²) < 4.78 is 40.2. The molecule has 0 aromatic carbocycles. The fourth-order valence-corrected chi connectivity index (χ4v) is 5.76. The Morgan fingerprint density at radius 1 is 1.16 bits per heavy atom. The number of carboxylic acid groups (broad SMARTS) is 1. The van der Waals surface area contributed by atoms with Crippen molar-refractivity contribution in [1.82, 2.24) is 0 Å². The van der Waals surface area contributed by atoms with Crippen LogP contribution < -0.4 is 5.11 Å². The molecular formula is C14H14F3O2-. The molecule has 5 heteroatoms. The van der Waals surface area contributed by atoms with Crippen LogP contribution in [0.5, 0.6) is 0 Å². The van der Waals surface area contributed by atoms with E-state index in [2.05, 4.69) is 6.08 Å². The molecular weight excluding hydrogens is 257 g/mol. The van der Waals surface area contributed by atoms with Crippen LogP contribution in [0.4, 0.5) is 13.2 Å². The van der Waals surface area contributed by atoms with Crippen molar-refractivity contribution in [3.8, 4) is 0 Å². The zero-order valence-electron chi connectivity index (χ0n) is 10.2. The van der Waals surface area contributed by atoms with Crippen LogP contribution in [0.3, 0.4) is 0 Å². The summed E-state index contributed by atoms with van der Waals surface area (Å²) in [4.78, 5) is 11.3. The smallest absolute Gasteiger partial charge is 0.399 e. The molecule has 0 heterocycles. The van der Waals surface area contributed by atoms with E-state index in [0.717, 1.165) is 6.42 Å². The topological polar surface area (TPSA) is 40.1 Å². The SMILES string of the molecule is O=C([O-])C1(C(F)(F)F)CC2CC1C1C3C=CC(C3)C21. The Morgan fingerprint density at radius 3 is 2.37 bits per heavy atom. The van der Waals surface area contributed by atoms with Gasteiger partial charge < -0.3 is 9.90 Å².